The highest BCUT2D eigenvalue weighted by molar-refractivity contribution is 5.74. The van der Waals surface area contributed by atoms with Crippen molar-refractivity contribution in [2.24, 2.45) is 0 Å². The van der Waals surface area contributed by atoms with Crippen molar-refractivity contribution in [2.45, 2.75) is 123 Å². The number of carboxylic acid groups (broad SMARTS) is 1. The van der Waals surface area contributed by atoms with E-state index in [2.05, 4.69) is 19.1 Å². The number of hydrogen-bond donors (Lipinski definition) is 0. The summed E-state index contributed by atoms with van der Waals surface area (Å²) in [5.41, 5.74) is -0.782. The molecular weight excluding hydrogens is 346 g/mol. The second-order valence-corrected chi connectivity index (χ2v) is 9.25. The zero-order chi connectivity index (χ0) is 21.3. The molecule has 0 saturated carbocycles. The van der Waals surface area contributed by atoms with Crippen LogP contribution in [0, 0.1) is 0 Å². The minimum atomic E-state index is -0.910. The Kier molecular flexibility index (Phi) is 15.5. The van der Waals surface area contributed by atoms with E-state index in [0.717, 1.165) is 19.4 Å². The Morgan fingerprint density at radius 3 is 1.64 bits per heavy atom. The first-order chi connectivity index (χ1) is 13.3. The standard InChI is InChI=1S/C25H49NO2/c1-6-8-9-10-11-12-13-14-15-16-17-18-19-20-21-22-23-25(3,24(27)28)26(4,5)7-2/h14-15H,6-13,16-23H2,1-5H3/b15-14-. The van der Waals surface area contributed by atoms with Crippen molar-refractivity contribution in [3.05, 3.63) is 12.2 Å². The summed E-state index contributed by atoms with van der Waals surface area (Å²) in [4.78, 5) is 11.7. The van der Waals surface area contributed by atoms with Crippen LogP contribution >= 0.6 is 0 Å². The zero-order valence-corrected chi connectivity index (χ0v) is 19.7. The number of aliphatic carboxylic acids is 1. The number of unbranched alkanes of at least 4 members (excludes halogenated alkanes) is 12. The fraction of sp³-hybridized carbons (Fsp3) is 0.880. The van der Waals surface area contributed by atoms with E-state index in [9.17, 15) is 9.90 Å². The molecule has 0 spiro atoms. The van der Waals surface area contributed by atoms with E-state index in [1.165, 1.54) is 77.0 Å². The van der Waals surface area contributed by atoms with Crippen molar-refractivity contribution in [2.75, 3.05) is 20.6 Å². The van der Waals surface area contributed by atoms with E-state index in [4.69, 9.17) is 0 Å². The van der Waals surface area contributed by atoms with Gasteiger partial charge in [-0.1, -0.05) is 76.9 Å². The van der Waals surface area contributed by atoms with E-state index in [1.54, 1.807) is 0 Å². The number of carbonyl (C=O) groups excluding carboxylic acids is 1. The van der Waals surface area contributed by atoms with Crippen LogP contribution in [0.3, 0.4) is 0 Å². The minimum Gasteiger partial charge on any atom is -0.544 e. The fourth-order valence-corrected chi connectivity index (χ4v) is 3.72. The Bertz CT molecular complexity index is 417. The van der Waals surface area contributed by atoms with Crippen LogP contribution in [0.1, 0.15) is 117 Å². The molecule has 0 fully saturated rings. The molecule has 166 valence electrons. The lowest BCUT2D eigenvalue weighted by Crippen LogP contribution is -2.66. The Morgan fingerprint density at radius 2 is 1.21 bits per heavy atom. The zero-order valence-electron chi connectivity index (χ0n) is 19.7. The summed E-state index contributed by atoms with van der Waals surface area (Å²) in [6.45, 7) is 6.96. The van der Waals surface area contributed by atoms with E-state index in [1.807, 2.05) is 27.9 Å². The lowest BCUT2D eigenvalue weighted by Gasteiger charge is -2.47. The van der Waals surface area contributed by atoms with Crippen LogP contribution in [-0.4, -0.2) is 36.6 Å². The molecule has 28 heavy (non-hydrogen) atoms. The number of hydrogen-bond acceptors (Lipinski definition) is 2. The molecule has 0 amide bonds. The summed E-state index contributed by atoms with van der Waals surface area (Å²) in [6, 6.07) is 0. The number of quaternary nitrogens is 1. The summed E-state index contributed by atoms with van der Waals surface area (Å²) in [5, 5.41) is 11.7. The smallest absolute Gasteiger partial charge is 0.136 e. The van der Waals surface area contributed by atoms with Crippen molar-refractivity contribution in [1.82, 2.24) is 0 Å². The van der Waals surface area contributed by atoms with Crippen molar-refractivity contribution in [1.29, 1.82) is 0 Å². The quantitative estimate of drug-likeness (QED) is 0.152. The van der Waals surface area contributed by atoms with Gasteiger partial charge in [-0.15, -0.1) is 0 Å². The summed E-state index contributed by atoms with van der Waals surface area (Å²) >= 11 is 0. The molecule has 0 rings (SSSR count). The molecule has 0 aliphatic carbocycles. The number of carbonyl (C=O) groups is 1. The van der Waals surface area contributed by atoms with Gasteiger partial charge in [-0.2, -0.15) is 0 Å². The SMILES string of the molecule is CCCCCCCC/C=C\CCCCCCCCC(C)(C(=O)[O-])[N+](C)(C)CC. The number of nitrogens with zero attached hydrogens (tertiary/aromatic N) is 1. The normalized spacial score (nSPS) is 14.5. The first kappa shape index (κ1) is 27.2. The average molecular weight is 396 g/mol. The molecule has 1 atom stereocenters. The van der Waals surface area contributed by atoms with Gasteiger partial charge >= 0.3 is 0 Å². The molecule has 0 aromatic heterocycles. The van der Waals surface area contributed by atoms with E-state index in [-0.39, 0.29) is 0 Å². The first-order valence-corrected chi connectivity index (χ1v) is 12.0. The van der Waals surface area contributed by atoms with Gasteiger partial charge in [0.2, 0.25) is 0 Å². The molecule has 1 unspecified atom stereocenters. The summed E-state index contributed by atoms with van der Waals surface area (Å²) in [6.07, 6.45) is 23.3. The highest BCUT2D eigenvalue weighted by atomic mass is 16.4. The highest BCUT2D eigenvalue weighted by Gasteiger charge is 2.40. The molecule has 0 aliphatic rings. The van der Waals surface area contributed by atoms with Gasteiger partial charge in [0.1, 0.15) is 11.5 Å². The van der Waals surface area contributed by atoms with E-state index >= 15 is 0 Å². The summed E-state index contributed by atoms with van der Waals surface area (Å²) in [7, 11) is 3.99. The summed E-state index contributed by atoms with van der Waals surface area (Å²) < 4.78 is 0.487. The van der Waals surface area contributed by atoms with Gasteiger partial charge in [-0.3, -0.25) is 0 Å². The molecule has 0 radical (unpaired) electrons. The van der Waals surface area contributed by atoms with Crippen molar-refractivity contribution in [3.8, 4) is 0 Å². The summed E-state index contributed by atoms with van der Waals surface area (Å²) in [5.74, 6) is -0.910. The molecule has 0 saturated heterocycles. The molecule has 0 aromatic carbocycles. The maximum Gasteiger partial charge on any atom is 0.136 e. The van der Waals surface area contributed by atoms with Crippen LogP contribution in [0.15, 0.2) is 12.2 Å². The number of carboxylic acids is 1. The van der Waals surface area contributed by atoms with Gasteiger partial charge < -0.3 is 14.4 Å². The lowest BCUT2D eigenvalue weighted by molar-refractivity contribution is -0.931. The maximum atomic E-state index is 11.7. The number of allylic oxidation sites excluding steroid dienone is 2. The fourth-order valence-electron chi connectivity index (χ4n) is 3.72. The van der Waals surface area contributed by atoms with Gasteiger partial charge in [0.15, 0.2) is 0 Å². The van der Waals surface area contributed by atoms with Crippen LogP contribution in [0.5, 0.6) is 0 Å². The van der Waals surface area contributed by atoms with Crippen LogP contribution in [-0.2, 0) is 4.79 Å². The predicted molar refractivity (Wildman–Crippen MR) is 120 cm³/mol. The minimum absolute atomic E-state index is 0.487. The highest BCUT2D eigenvalue weighted by Crippen LogP contribution is 2.27. The Labute approximate surface area is 176 Å². The third-order valence-corrected chi connectivity index (χ3v) is 6.74. The largest absolute Gasteiger partial charge is 0.544 e. The van der Waals surface area contributed by atoms with Crippen molar-refractivity contribution in [3.63, 3.8) is 0 Å². The topological polar surface area (TPSA) is 40.1 Å². The molecular formula is C25H49NO2. The van der Waals surface area contributed by atoms with Gasteiger partial charge in [0, 0.05) is 6.42 Å². The van der Waals surface area contributed by atoms with Gasteiger partial charge in [-0.05, 0) is 46.0 Å². The third-order valence-electron chi connectivity index (χ3n) is 6.74. The Hall–Kier alpha value is -0.830. The second kappa shape index (κ2) is 16.0. The Balaban J connectivity index is 3.64. The van der Waals surface area contributed by atoms with Crippen LogP contribution in [0.2, 0.25) is 0 Å². The van der Waals surface area contributed by atoms with Crippen LogP contribution in [0.4, 0.5) is 0 Å². The van der Waals surface area contributed by atoms with Crippen molar-refractivity contribution < 1.29 is 14.4 Å². The molecule has 0 bridgehead atoms. The molecule has 0 heterocycles. The van der Waals surface area contributed by atoms with Gasteiger partial charge in [0.05, 0.1) is 20.6 Å². The predicted octanol–water partition coefficient (Wildman–Crippen LogP) is 6.02. The van der Waals surface area contributed by atoms with E-state index < -0.39 is 11.5 Å². The Morgan fingerprint density at radius 1 is 0.786 bits per heavy atom. The van der Waals surface area contributed by atoms with Crippen molar-refractivity contribution >= 4 is 5.97 Å². The molecule has 0 aliphatic heterocycles. The molecule has 0 N–H and O–H groups in total. The number of rotatable bonds is 19. The maximum absolute atomic E-state index is 11.7. The lowest BCUT2D eigenvalue weighted by atomic mass is 9.90. The second-order valence-electron chi connectivity index (χ2n) is 9.25. The molecule has 3 nitrogen and oxygen atoms in total. The van der Waals surface area contributed by atoms with Crippen LogP contribution < -0.4 is 5.11 Å². The monoisotopic (exact) mass is 395 g/mol. The van der Waals surface area contributed by atoms with Crippen LogP contribution in [0.25, 0.3) is 0 Å². The van der Waals surface area contributed by atoms with E-state index in [0.29, 0.717) is 10.9 Å². The average Bonchev–Trinajstić information content (AvgIpc) is 2.67. The molecule has 3 heteroatoms. The van der Waals surface area contributed by atoms with Gasteiger partial charge in [-0.25, -0.2) is 0 Å². The molecule has 0 aromatic rings. The first-order valence-electron chi connectivity index (χ1n) is 12.0. The van der Waals surface area contributed by atoms with Gasteiger partial charge in [0.25, 0.3) is 0 Å². The third kappa shape index (κ3) is 11.2. The number of likely N-dealkylation sites (N-methyl/N-ethyl adjacent to an activating group) is 1.